The number of carbonyl (C=O) groups excluding carboxylic acids is 2. The third-order valence-electron chi connectivity index (χ3n) is 4.78. The summed E-state index contributed by atoms with van der Waals surface area (Å²) in [6.45, 7) is 4.50. The van der Waals surface area contributed by atoms with Gasteiger partial charge in [0.05, 0.1) is 13.2 Å². The maximum absolute atomic E-state index is 13.2. The number of hydrogen-bond donors (Lipinski definition) is 2. The predicted molar refractivity (Wildman–Crippen MR) is 110 cm³/mol. The zero-order valence-corrected chi connectivity index (χ0v) is 16.6. The van der Waals surface area contributed by atoms with E-state index in [-0.39, 0.29) is 24.0 Å². The van der Waals surface area contributed by atoms with Crippen molar-refractivity contribution in [2.45, 2.75) is 38.8 Å². The van der Waals surface area contributed by atoms with Crippen LogP contribution in [0.2, 0.25) is 0 Å². The van der Waals surface area contributed by atoms with Crippen molar-refractivity contribution in [3.8, 4) is 5.75 Å². The molecule has 0 aromatic heterocycles. The Morgan fingerprint density at radius 1 is 1.14 bits per heavy atom. The first-order chi connectivity index (χ1) is 13.5. The molecule has 3 amide bonds. The van der Waals surface area contributed by atoms with Crippen LogP contribution < -0.4 is 15.4 Å². The highest BCUT2D eigenvalue weighted by Gasteiger charge is 2.30. The van der Waals surface area contributed by atoms with Crippen molar-refractivity contribution in [3.63, 3.8) is 0 Å². The number of likely N-dealkylation sites (tertiary alicyclic amines) is 1. The van der Waals surface area contributed by atoms with Gasteiger partial charge in [0.1, 0.15) is 5.75 Å². The van der Waals surface area contributed by atoms with Crippen molar-refractivity contribution in [3.05, 3.63) is 59.7 Å². The fraction of sp³-hybridized carbons (Fsp3) is 0.364. The number of benzene rings is 2. The molecule has 3 rings (SSSR count). The van der Waals surface area contributed by atoms with Crippen LogP contribution in [0.1, 0.15) is 48.7 Å². The lowest BCUT2D eigenvalue weighted by Gasteiger charge is -2.25. The Kier molecular flexibility index (Phi) is 6.19. The molecule has 0 radical (unpaired) electrons. The molecule has 1 aliphatic heterocycles. The van der Waals surface area contributed by atoms with Crippen molar-refractivity contribution < 1.29 is 14.3 Å². The average Bonchev–Trinajstić information content (AvgIpc) is 3.16. The minimum Gasteiger partial charge on any atom is -0.497 e. The summed E-state index contributed by atoms with van der Waals surface area (Å²) in [7, 11) is 1.64. The molecule has 1 atom stereocenters. The number of amides is 3. The number of rotatable bonds is 5. The molecule has 28 heavy (non-hydrogen) atoms. The molecule has 0 saturated carbocycles. The first-order valence-electron chi connectivity index (χ1n) is 9.60. The molecule has 148 valence electrons. The molecule has 1 saturated heterocycles. The smallest absolute Gasteiger partial charge is 0.319 e. The van der Waals surface area contributed by atoms with Gasteiger partial charge in [0, 0.05) is 23.8 Å². The van der Waals surface area contributed by atoms with Crippen LogP contribution in [0.4, 0.5) is 10.5 Å². The van der Waals surface area contributed by atoms with E-state index in [0.29, 0.717) is 17.8 Å². The first kappa shape index (κ1) is 19.7. The molecule has 0 bridgehead atoms. The lowest BCUT2D eigenvalue weighted by molar-refractivity contribution is 0.0735. The molecule has 2 aromatic rings. The van der Waals surface area contributed by atoms with Crippen molar-refractivity contribution >= 4 is 17.6 Å². The number of nitrogens with zero attached hydrogens (tertiary/aromatic N) is 1. The Labute approximate surface area is 165 Å². The highest BCUT2D eigenvalue weighted by molar-refractivity contribution is 5.97. The van der Waals surface area contributed by atoms with E-state index in [0.717, 1.165) is 24.2 Å². The predicted octanol–water partition coefficient (Wildman–Crippen LogP) is 4.20. The van der Waals surface area contributed by atoms with E-state index in [9.17, 15) is 9.59 Å². The van der Waals surface area contributed by atoms with E-state index in [1.165, 1.54) is 0 Å². The molecule has 0 aliphatic carbocycles. The number of carbonyl (C=O) groups is 2. The summed E-state index contributed by atoms with van der Waals surface area (Å²) in [5, 5.41) is 5.56. The van der Waals surface area contributed by atoms with Gasteiger partial charge in [-0.1, -0.05) is 18.2 Å². The lowest BCUT2D eigenvalue weighted by atomic mass is 10.0. The van der Waals surface area contributed by atoms with Crippen LogP contribution in [-0.2, 0) is 0 Å². The molecule has 1 aliphatic rings. The number of nitrogens with one attached hydrogen (secondary N) is 2. The van der Waals surface area contributed by atoms with E-state index in [1.807, 2.05) is 43.0 Å². The Balaban J connectivity index is 1.77. The Bertz CT molecular complexity index is 850. The van der Waals surface area contributed by atoms with Gasteiger partial charge in [-0.2, -0.15) is 0 Å². The Hall–Kier alpha value is -3.02. The normalized spacial score (nSPS) is 16.1. The summed E-state index contributed by atoms with van der Waals surface area (Å²) >= 11 is 0. The maximum Gasteiger partial charge on any atom is 0.319 e. The second-order valence-electron chi connectivity index (χ2n) is 7.27. The number of urea groups is 1. The average molecular weight is 381 g/mol. The van der Waals surface area contributed by atoms with Gasteiger partial charge in [0.25, 0.3) is 5.91 Å². The second kappa shape index (κ2) is 8.78. The SMILES string of the molecule is COc1cccc(C2CCCN2C(=O)c2cccc(NC(=O)NC(C)C)c2)c1. The molecule has 2 aromatic carbocycles. The minimum absolute atomic E-state index is 0.0294. The summed E-state index contributed by atoms with van der Waals surface area (Å²) in [5.41, 5.74) is 2.24. The van der Waals surface area contributed by atoms with Crippen LogP contribution in [0.5, 0.6) is 5.75 Å². The third kappa shape index (κ3) is 4.63. The van der Waals surface area contributed by atoms with Gasteiger partial charge >= 0.3 is 6.03 Å². The van der Waals surface area contributed by atoms with Gasteiger partial charge in [-0.25, -0.2) is 4.79 Å². The van der Waals surface area contributed by atoms with E-state index in [1.54, 1.807) is 31.4 Å². The summed E-state index contributed by atoms with van der Waals surface area (Å²) in [5.74, 6) is 0.761. The zero-order valence-electron chi connectivity index (χ0n) is 16.6. The molecule has 1 fully saturated rings. The van der Waals surface area contributed by atoms with Crippen LogP contribution in [0, 0.1) is 0 Å². The van der Waals surface area contributed by atoms with Crippen molar-refractivity contribution in [2.75, 3.05) is 19.0 Å². The standard InChI is InChI=1S/C22H27N3O3/c1-15(2)23-22(27)24-18-9-4-8-17(13-18)21(26)25-12-6-11-20(25)16-7-5-10-19(14-16)28-3/h4-5,7-10,13-15,20H,6,11-12H2,1-3H3,(H2,23,24,27). The topological polar surface area (TPSA) is 70.7 Å². The van der Waals surface area contributed by atoms with Crippen molar-refractivity contribution in [1.82, 2.24) is 10.2 Å². The van der Waals surface area contributed by atoms with Crippen LogP contribution in [0.15, 0.2) is 48.5 Å². The van der Waals surface area contributed by atoms with E-state index in [2.05, 4.69) is 10.6 Å². The first-order valence-corrected chi connectivity index (χ1v) is 9.60. The maximum atomic E-state index is 13.2. The van der Waals surface area contributed by atoms with Crippen molar-refractivity contribution in [2.24, 2.45) is 0 Å². The van der Waals surface area contributed by atoms with Gasteiger partial charge < -0.3 is 20.3 Å². The number of anilines is 1. The summed E-state index contributed by atoms with van der Waals surface area (Å²) in [6, 6.07) is 14.7. The van der Waals surface area contributed by atoms with E-state index in [4.69, 9.17) is 4.74 Å². The fourth-order valence-corrected chi connectivity index (χ4v) is 3.53. The Morgan fingerprint density at radius 2 is 1.93 bits per heavy atom. The van der Waals surface area contributed by atoms with E-state index >= 15 is 0 Å². The molecule has 6 nitrogen and oxygen atoms in total. The minimum atomic E-state index is -0.282. The number of ether oxygens (including phenoxy) is 1. The number of methoxy groups -OCH3 is 1. The lowest BCUT2D eigenvalue weighted by Crippen LogP contribution is -2.34. The second-order valence-corrected chi connectivity index (χ2v) is 7.27. The molecular formula is C22H27N3O3. The van der Waals surface area contributed by atoms with Crippen molar-refractivity contribution in [1.29, 1.82) is 0 Å². The van der Waals surface area contributed by atoms with Crippen LogP contribution >= 0.6 is 0 Å². The molecule has 0 spiro atoms. The summed E-state index contributed by atoms with van der Waals surface area (Å²) in [6.07, 6.45) is 1.88. The summed E-state index contributed by atoms with van der Waals surface area (Å²) in [4.78, 5) is 27.0. The number of hydrogen-bond acceptors (Lipinski definition) is 3. The fourth-order valence-electron chi connectivity index (χ4n) is 3.53. The van der Waals surface area contributed by atoms with Gasteiger partial charge in [-0.3, -0.25) is 4.79 Å². The molecule has 2 N–H and O–H groups in total. The van der Waals surface area contributed by atoms with Crippen LogP contribution in [0.3, 0.4) is 0 Å². The third-order valence-corrected chi connectivity index (χ3v) is 4.78. The van der Waals surface area contributed by atoms with Crippen LogP contribution in [-0.4, -0.2) is 36.5 Å². The molecule has 6 heteroatoms. The van der Waals surface area contributed by atoms with E-state index < -0.39 is 0 Å². The molecule has 1 heterocycles. The van der Waals surface area contributed by atoms with Gasteiger partial charge in [-0.15, -0.1) is 0 Å². The molecule has 1 unspecified atom stereocenters. The van der Waals surface area contributed by atoms with Crippen LogP contribution in [0.25, 0.3) is 0 Å². The summed E-state index contributed by atoms with van der Waals surface area (Å²) < 4.78 is 5.33. The highest BCUT2D eigenvalue weighted by atomic mass is 16.5. The Morgan fingerprint density at radius 3 is 2.68 bits per heavy atom. The monoisotopic (exact) mass is 381 g/mol. The zero-order chi connectivity index (χ0) is 20.1. The van der Waals surface area contributed by atoms with Gasteiger partial charge in [0.2, 0.25) is 0 Å². The van der Waals surface area contributed by atoms with Gasteiger partial charge in [0.15, 0.2) is 0 Å². The largest absolute Gasteiger partial charge is 0.497 e. The molecular weight excluding hydrogens is 354 g/mol. The van der Waals surface area contributed by atoms with Gasteiger partial charge in [-0.05, 0) is 62.6 Å². The quantitative estimate of drug-likeness (QED) is 0.815. The highest BCUT2D eigenvalue weighted by Crippen LogP contribution is 2.34.